The molecule has 0 bridgehead atoms. The van der Waals surface area contributed by atoms with Crippen LogP contribution in [0.3, 0.4) is 0 Å². The first-order chi connectivity index (χ1) is 16.1. The van der Waals surface area contributed by atoms with Gasteiger partial charge in [-0.2, -0.15) is 0 Å². The lowest BCUT2D eigenvalue weighted by atomic mass is 10.2. The van der Waals surface area contributed by atoms with Crippen molar-refractivity contribution in [3.8, 4) is 0 Å². The van der Waals surface area contributed by atoms with Crippen molar-refractivity contribution in [2.24, 2.45) is 0 Å². The van der Waals surface area contributed by atoms with Crippen LogP contribution in [0, 0.1) is 0 Å². The maximum Gasteiger partial charge on any atom is 0.323 e. The molecule has 2 heterocycles. The van der Waals surface area contributed by atoms with Crippen LogP contribution in [0.25, 0.3) is 0 Å². The van der Waals surface area contributed by atoms with Crippen LogP contribution in [0.1, 0.15) is 21.0 Å². The zero-order valence-electron chi connectivity index (χ0n) is 17.7. The Balaban J connectivity index is 1.44. The molecule has 3 aromatic rings. The number of hydrogen-bond donors (Lipinski definition) is 3. The summed E-state index contributed by atoms with van der Waals surface area (Å²) in [6.07, 6.45) is 2.73. The number of rotatable bonds is 5. The average Bonchev–Trinajstić information content (AvgIpc) is 2.85. The van der Waals surface area contributed by atoms with Crippen molar-refractivity contribution in [1.82, 2.24) is 14.9 Å². The summed E-state index contributed by atoms with van der Waals surface area (Å²) in [5.74, 6) is -0.949. The van der Waals surface area contributed by atoms with Crippen molar-refractivity contribution in [3.63, 3.8) is 0 Å². The molecule has 33 heavy (non-hydrogen) atoms. The Morgan fingerprint density at radius 2 is 1.36 bits per heavy atom. The molecule has 0 unspecified atom stereocenters. The number of ether oxygens (including phenoxy) is 1. The molecule has 1 fully saturated rings. The van der Waals surface area contributed by atoms with Gasteiger partial charge in [0.1, 0.15) is 0 Å². The lowest BCUT2D eigenvalue weighted by Gasteiger charge is -2.26. The van der Waals surface area contributed by atoms with Gasteiger partial charge in [-0.15, -0.1) is 0 Å². The second-order valence-corrected chi connectivity index (χ2v) is 7.14. The van der Waals surface area contributed by atoms with Gasteiger partial charge in [-0.3, -0.25) is 9.59 Å². The van der Waals surface area contributed by atoms with Crippen LogP contribution in [-0.2, 0) is 4.74 Å². The van der Waals surface area contributed by atoms with Crippen LogP contribution >= 0.6 is 0 Å². The molecule has 4 rings (SSSR count). The van der Waals surface area contributed by atoms with E-state index in [0.717, 1.165) is 0 Å². The van der Waals surface area contributed by atoms with Gasteiger partial charge in [-0.1, -0.05) is 24.3 Å². The molecular weight excluding hydrogens is 424 g/mol. The van der Waals surface area contributed by atoms with Gasteiger partial charge in [0.05, 0.1) is 13.2 Å². The van der Waals surface area contributed by atoms with Gasteiger partial charge in [0.15, 0.2) is 11.4 Å². The number of carbonyl (C=O) groups excluding carboxylic acids is 3. The number of carbonyl (C=O) groups is 3. The van der Waals surface area contributed by atoms with Gasteiger partial charge < -0.3 is 25.6 Å². The molecule has 0 radical (unpaired) electrons. The van der Waals surface area contributed by atoms with Crippen LogP contribution in [-0.4, -0.2) is 59.0 Å². The highest BCUT2D eigenvalue weighted by Gasteiger charge is 2.26. The summed E-state index contributed by atoms with van der Waals surface area (Å²) >= 11 is 0. The molecule has 2 aromatic carbocycles. The number of nitrogens with one attached hydrogen (secondary N) is 3. The Bertz CT molecular complexity index is 1150. The third-order valence-electron chi connectivity index (χ3n) is 4.82. The van der Waals surface area contributed by atoms with Crippen molar-refractivity contribution >= 4 is 34.9 Å². The van der Waals surface area contributed by atoms with E-state index in [1.54, 1.807) is 41.3 Å². The van der Waals surface area contributed by atoms with Gasteiger partial charge in [-0.25, -0.2) is 14.8 Å². The average molecular weight is 446 g/mol. The van der Waals surface area contributed by atoms with E-state index in [1.165, 1.54) is 12.4 Å². The predicted octanol–water partition coefficient (Wildman–Crippen LogP) is 2.85. The number of morpholine rings is 1. The van der Waals surface area contributed by atoms with Crippen molar-refractivity contribution < 1.29 is 19.1 Å². The quantitative estimate of drug-likeness (QED) is 0.553. The normalized spacial score (nSPS) is 13.2. The maximum atomic E-state index is 12.9. The molecular formula is C23H22N6O4. The molecule has 0 aliphatic carbocycles. The van der Waals surface area contributed by atoms with Crippen molar-refractivity contribution in [2.45, 2.75) is 0 Å². The topological polar surface area (TPSA) is 126 Å². The molecule has 3 N–H and O–H groups in total. The number of hydrogen-bond acceptors (Lipinski definition) is 6. The van der Waals surface area contributed by atoms with E-state index in [4.69, 9.17) is 4.74 Å². The summed E-state index contributed by atoms with van der Waals surface area (Å²) in [6, 6.07) is 15.2. The summed E-state index contributed by atoms with van der Waals surface area (Å²) in [5.41, 5.74) is 1.46. The second-order valence-electron chi connectivity index (χ2n) is 7.14. The summed E-state index contributed by atoms with van der Waals surface area (Å²) < 4.78 is 5.27. The van der Waals surface area contributed by atoms with E-state index in [1.807, 2.05) is 18.2 Å². The summed E-state index contributed by atoms with van der Waals surface area (Å²) in [6.45, 7) is 1.72. The number of para-hydroxylation sites is 1. The zero-order valence-corrected chi connectivity index (χ0v) is 17.7. The Kier molecular flexibility index (Phi) is 6.86. The first-order valence-corrected chi connectivity index (χ1v) is 10.3. The molecule has 1 aliphatic heterocycles. The van der Waals surface area contributed by atoms with Gasteiger partial charge in [-0.05, 0) is 30.3 Å². The molecule has 0 saturated carbocycles. The molecule has 0 atom stereocenters. The van der Waals surface area contributed by atoms with Crippen LogP contribution in [0.15, 0.2) is 67.0 Å². The highest BCUT2D eigenvalue weighted by molar-refractivity contribution is 6.10. The fourth-order valence-electron chi connectivity index (χ4n) is 3.26. The largest absolute Gasteiger partial charge is 0.378 e. The monoisotopic (exact) mass is 446 g/mol. The molecule has 1 aromatic heterocycles. The number of urea groups is 1. The fraction of sp³-hybridized carbons (Fsp3) is 0.174. The Morgan fingerprint density at radius 1 is 0.758 bits per heavy atom. The van der Waals surface area contributed by atoms with Crippen molar-refractivity contribution in [1.29, 1.82) is 0 Å². The Morgan fingerprint density at radius 3 is 2.09 bits per heavy atom. The summed E-state index contributed by atoms with van der Waals surface area (Å²) in [5, 5.41) is 8.15. The second kappa shape index (κ2) is 10.3. The molecule has 0 spiro atoms. The smallest absolute Gasteiger partial charge is 0.323 e. The minimum atomic E-state index is -0.578. The summed E-state index contributed by atoms with van der Waals surface area (Å²) in [7, 11) is 0. The molecule has 1 aliphatic rings. The third-order valence-corrected chi connectivity index (χ3v) is 4.82. The van der Waals surface area contributed by atoms with E-state index in [9.17, 15) is 14.4 Å². The molecule has 10 nitrogen and oxygen atoms in total. The number of aromatic nitrogens is 2. The first kappa shape index (κ1) is 21.9. The lowest BCUT2D eigenvalue weighted by molar-refractivity contribution is 0.0297. The molecule has 10 heteroatoms. The molecule has 1 saturated heterocycles. The minimum absolute atomic E-state index is 0.0200. The number of benzene rings is 2. The van der Waals surface area contributed by atoms with E-state index >= 15 is 0 Å². The molecule has 4 amide bonds. The standard InChI is InChI=1S/C23H22N6O4/c30-21(19-20(25-10-9-24-19)22(31)29-11-13-33-14-12-29)26-17-7-4-8-18(15-17)28-23(32)27-16-5-2-1-3-6-16/h1-10,15H,11-14H2,(H,26,30)(H2,27,28,32). The summed E-state index contributed by atoms with van der Waals surface area (Å²) in [4.78, 5) is 47.7. The number of anilines is 3. The minimum Gasteiger partial charge on any atom is -0.378 e. The Hall–Kier alpha value is -4.31. The Labute approximate surface area is 190 Å². The fourth-order valence-corrected chi connectivity index (χ4v) is 3.26. The number of nitrogens with zero attached hydrogens (tertiary/aromatic N) is 3. The van der Waals surface area contributed by atoms with Crippen molar-refractivity contribution in [3.05, 3.63) is 78.4 Å². The number of amides is 4. The van der Waals surface area contributed by atoms with Crippen LogP contribution in [0.5, 0.6) is 0 Å². The van der Waals surface area contributed by atoms with E-state index in [2.05, 4.69) is 25.9 Å². The van der Waals surface area contributed by atoms with Gasteiger partial charge in [0, 0.05) is 42.5 Å². The molecule has 168 valence electrons. The van der Waals surface area contributed by atoms with Gasteiger partial charge in [0.2, 0.25) is 0 Å². The maximum absolute atomic E-state index is 12.9. The third kappa shape index (κ3) is 5.69. The highest BCUT2D eigenvalue weighted by atomic mass is 16.5. The highest BCUT2D eigenvalue weighted by Crippen LogP contribution is 2.17. The van der Waals surface area contributed by atoms with E-state index in [0.29, 0.717) is 43.4 Å². The lowest BCUT2D eigenvalue weighted by Crippen LogP contribution is -2.41. The van der Waals surface area contributed by atoms with Gasteiger partial charge in [0.25, 0.3) is 11.8 Å². The van der Waals surface area contributed by atoms with Crippen molar-refractivity contribution in [2.75, 3.05) is 42.3 Å². The van der Waals surface area contributed by atoms with E-state index < -0.39 is 11.9 Å². The SMILES string of the molecule is O=C(Nc1ccccc1)Nc1cccc(NC(=O)c2nccnc2C(=O)N2CCOCC2)c1. The van der Waals surface area contributed by atoms with E-state index in [-0.39, 0.29) is 17.3 Å². The first-order valence-electron chi connectivity index (χ1n) is 10.3. The van der Waals surface area contributed by atoms with Crippen LogP contribution in [0.4, 0.5) is 21.9 Å². The zero-order chi connectivity index (χ0) is 23.0. The van der Waals surface area contributed by atoms with Crippen LogP contribution < -0.4 is 16.0 Å². The van der Waals surface area contributed by atoms with Gasteiger partial charge >= 0.3 is 6.03 Å². The van der Waals surface area contributed by atoms with Crippen LogP contribution in [0.2, 0.25) is 0 Å². The predicted molar refractivity (Wildman–Crippen MR) is 122 cm³/mol.